The number of hydrogen-bond donors (Lipinski definition) is 0. The van der Waals surface area contributed by atoms with Crippen LogP contribution in [0.15, 0.2) is 30.3 Å². The van der Waals surface area contributed by atoms with Crippen molar-refractivity contribution >= 4 is 12.3 Å². The highest BCUT2D eigenvalue weighted by atomic mass is 16.5. The van der Waals surface area contributed by atoms with Crippen LogP contribution in [0.4, 0.5) is 0 Å². The molecule has 0 radical (unpaired) electrons. The number of hydrogen-bond acceptors (Lipinski definition) is 3. The van der Waals surface area contributed by atoms with E-state index in [-0.39, 0.29) is 12.9 Å². The van der Waals surface area contributed by atoms with Crippen LogP contribution in [0.3, 0.4) is 0 Å². The van der Waals surface area contributed by atoms with Gasteiger partial charge in [-0.25, -0.2) is 4.79 Å². The third-order valence-corrected chi connectivity index (χ3v) is 1.57. The molecule has 0 amide bonds. The number of ether oxygens (including phenoxy) is 1. The van der Waals surface area contributed by atoms with E-state index in [9.17, 15) is 9.59 Å². The number of carbonyl (C=O) groups is 2. The summed E-state index contributed by atoms with van der Waals surface area (Å²) < 4.78 is 4.59. The molecule has 0 bridgehead atoms. The molecule has 0 aromatic heterocycles. The Bertz CT molecular complexity index is 279. The fourth-order valence-corrected chi connectivity index (χ4v) is 0.948. The maximum Gasteiger partial charge on any atom is 0.371 e. The van der Waals surface area contributed by atoms with E-state index in [0.29, 0.717) is 6.42 Å². The summed E-state index contributed by atoms with van der Waals surface area (Å²) in [7, 11) is 0. The van der Waals surface area contributed by atoms with Gasteiger partial charge < -0.3 is 4.74 Å². The molecule has 0 aliphatic carbocycles. The van der Waals surface area contributed by atoms with Gasteiger partial charge in [-0.1, -0.05) is 30.3 Å². The second-order valence-corrected chi connectivity index (χ2v) is 2.52. The zero-order chi connectivity index (χ0) is 9.52. The van der Waals surface area contributed by atoms with Crippen molar-refractivity contribution in [3.05, 3.63) is 35.9 Å². The van der Waals surface area contributed by atoms with Crippen molar-refractivity contribution in [2.24, 2.45) is 0 Å². The largest absolute Gasteiger partial charge is 0.460 e. The first-order chi connectivity index (χ1) is 6.33. The van der Waals surface area contributed by atoms with Gasteiger partial charge in [-0.2, -0.15) is 0 Å². The molecule has 3 nitrogen and oxygen atoms in total. The van der Waals surface area contributed by atoms with Gasteiger partial charge in [-0.3, -0.25) is 4.79 Å². The Morgan fingerprint density at radius 1 is 1.31 bits per heavy atom. The maximum atomic E-state index is 10.4. The van der Waals surface area contributed by atoms with Crippen molar-refractivity contribution in [3.63, 3.8) is 0 Å². The lowest BCUT2D eigenvalue weighted by atomic mass is 10.2. The van der Waals surface area contributed by atoms with Crippen molar-refractivity contribution < 1.29 is 14.3 Å². The van der Waals surface area contributed by atoms with Gasteiger partial charge in [0.05, 0.1) is 6.61 Å². The number of aldehydes is 1. The highest BCUT2D eigenvalue weighted by Crippen LogP contribution is 1.99. The van der Waals surface area contributed by atoms with Gasteiger partial charge in [0.2, 0.25) is 6.29 Å². The Morgan fingerprint density at radius 3 is 2.62 bits per heavy atom. The van der Waals surface area contributed by atoms with E-state index >= 15 is 0 Å². The fraction of sp³-hybridized carbons (Fsp3) is 0.200. The van der Waals surface area contributed by atoms with E-state index in [0.717, 1.165) is 5.56 Å². The quantitative estimate of drug-likeness (QED) is 0.392. The molecule has 1 rings (SSSR count). The minimum atomic E-state index is -0.809. The lowest BCUT2D eigenvalue weighted by molar-refractivity contribution is -0.148. The van der Waals surface area contributed by atoms with Crippen LogP contribution in [-0.4, -0.2) is 18.9 Å². The highest BCUT2D eigenvalue weighted by molar-refractivity contribution is 6.20. The average Bonchev–Trinajstić information content (AvgIpc) is 2.19. The Kier molecular flexibility index (Phi) is 3.70. The van der Waals surface area contributed by atoms with Crippen LogP contribution in [0, 0.1) is 0 Å². The van der Waals surface area contributed by atoms with Crippen LogP contribution in [0.1, 0.15) is 5.56 Å². The molecule has 68 valence electrons. The molecular weight excluding hydrogens is 168 g/mol. The second-order valence-electron chi connectivity index (χ2n) is 2.52. The number of rotatable bonds is 4. The predicted octanol–water partition coefficient (Wildman–Crippen LogP) is 0.971. The molecule has 1 aromatic rings. The maximum absolute atomic E-state index is 10.4. The van der Waals surface area contributed by atoms with Gasteiger partial charge in [0.15, 0.2) is 0 Å². The van der Waals surface area contributed by atoms with Gasteiger partial charge in [-0.05, 0) is 5.56 Å². The minimum Gasteiger partial charge on any atom is -0.460 e. The smallest absolute Gasteiger partial charge is 0.371 e. The molecule has 0 aliphatic rings. The van der Waals surface area contributed by atoms with Crippen molar-refractivity contribution in [1.82, 2.24) is 0 Å². The van der Waals surface area contributed by atoms with E-state index in [4.69, 9.17) is 0 Å². The van der Waals surface area contributed by atoms with E-state index < -0.39 is 5.97 Å². The summed E-state index contributed by atoms with van der Waals surface area (Å²) >= 11 is 0. The Morgan fingerprint density at radius 2 is 2.00 bits per heavy atom. The van der Waals surface area contributed by atoms with Crippen molar-refractivity contribution in [3.8, 4) is 0 Å². The molecule has 0 saturated heterocycles. The summed E-state index contributed by atoms with van der Waals surface area (Å²) in [6, 6.07) is 9.62. The normalized spacial score (nSPS) is 9.23. The van der Waals surface area contributed by atoms with Crippen LogP contribution < -0.4 is 0 Å². The molecule has 0 atom stereocenters. The van der Waals surface area contributed by atoms with Gasteiger partial charge in [0.25, 0.3) is 0 Å². The zero-order valence-electron chi connectivity index (χ0n) is 7.10. The molecule has 0 fully saturated rings. The van der Waals surface area contributed by atoms with Crippen molar-refractivity contribution in [1.29, 1.82) is 0 Å². The third kappa shape index (κ3) is 3.51. The van der Waals surface area contributed by atoms with Gasteiger partial charge in [-0.15, -0.1) is 0 Å². The summed E-state index contributed by atoms with van der Waals surface area (Å²) in [4.78, 5) is 20.3. The van der Waals surface area contributed by atoms with Crippen LogP contribution >= 0.6 is 0 Å². The SMILES string of the molecule is O=CC(=O)OCCc1ccccc1. The molecule has 1 aromatic carbocycles. The standard InChI is InChI=1S/C10H10O3/c11-8-10(12)13-7-6-9-4-2-1-3-5-9/h1-5,8H,6-7H2. The first-order valence-corrected chi connectivity index (χ1v) is 3.99. The van der Waals surface area contributed by atoms with E-state index in [1.165, 1.54) is 0 Å². The first-order valence-electron chi connectivity index (χ1n) is 3.99. The van der Waals surface area contributed by atoms with Crippen LogP contribution in [0.25, 0.3) is 0 Å². The third-order valence-electron chi connectivity index (χ3n) is 1.57. The van der Waals surface area contributed by atoms with Gasteiger partial charge >= 0.3 is 5.97 Å². The first kappa shape index (κ1) is 9.45. The number of esters is 1. The Hall–Kier alpha value is -1.64. The monoisotopic (exact) mass is 178 g/mol. The van der Waals surface area contributed by atoms with Crippen molar-refractivity contribution in [2.45, 2.75) is 6.42 Å². The van der Waals surface area contributed by atoms with Crippen molar-refractivity contribution in [2.75, 3.05) is 6.61 Å². The molecule has 0 unspecified atom stereocenters. The van der Waals surface area contributed by atoms with Crippen LogP contribution in [-0.2, 0) is 20.7 Å². The van der Waals surface area contributed by atoms with Gasteiger partial charge in [0, 0.05) is 6.42 Å². The molecular formula is C10H10O3. The predicted molar refractivity (Wildman–Crippen MR) is 47.2 cm³/mol. The second kappa shape index (κ2) is 5.09. The lowest BCUT2D eigenvalue weighted by Crippen LogP contribution is -2.08. The summed E-state index contributed by atoms with van der Waals surface area (Å²) in [5.74, 6) is -0.809. The average molecular weight is 178 g/mol. The van der Waals surface area contributed by atoms with Gasteiger partial charge in [0.1, 0.15) is 0 Å². The van der Waals surface area contributed by atoms with E-state index in [1.807, 2.05) is 30.3 Å². The molecule has 0 heterocycles. The molecule has 0 spiro atoms. The van der Waals surface area contributed by atoms with E-state index in [2.05, 4.69) is 4.74 Å². The molecule has 0 N–H and O–H groups in total. The number of benzene rings is 1. The highest BCUT2D eigenvalue weighted by Gasteiger charge is 1.98. The summed E-state index contributed by atoms with van der Waals surface area (Å²) in [5, 5.41) is 0. The molecule has 3 heteroatoms. The lowest BCUT2D eigenvalue weighted by Gasteiger charge is -2.00. The number of carbonyl (C=O) groups excluding carboxylic acids is 2. The minimum absolute atomic E-state index is 0.172. The Labute approximate surface area is 76.3 Å². The fourth-order valence-electron chi connectivity index (χ4n) is 0.948. The summed E-state index contributed by atoms with van der Waals surface area (Å²) in [6.07, 6.45) is 0.811. The van der Waals surface area contributed by atoms with Crippen LogP contribution in [0.5, 0.6) is 0 Å². The summed E-state index contributed by atoms with van der Waals surface area (Å²) in [5.41, 5.74) is 1.08. The molecule has 0 saturated carbocycles. The Balaban J connectivity index is 2.28. The topological polar surface area (TPSA) is 43.4 Å². The molecule has 13 heavy (non-hydrogen) atoms. The summed E-state index contributed by atoms with van der Waals surface area (Å²) in [6.45, 7) is 0.252. The van der Waals surface area contributed by atoms with E-state index in [1.54, 1.807) is 0 Å². The zero-order valence-corrected chi connectivity index (χ0v) is 7.10. The molecule has 0 aliphatic heterocycles. The van der Waals surface area contributed by atoms with Crippen LogP contribution in [0.2, 0.25) is 0 Å².